The van der Waals surface area contributed by atoms with E-state index in [4.69, 9.17) is 21.3 Å². The molecular formula is C26H29ClN4O. The van der Waals surface area contributed by atoms with E-state index >= 15 is 0 Å². The van der Waals surface area contributed by atoms with E-state index in [1.807, 2.05) is 54.9 Å². The fraction of sp³-hybridized carbons (Fsp3) is 0.308. The van der Waals surface area contributed by atoms with Gasteiger partial charge < -0.3 is 10.1 Å². The Labute approximate surface area is 194 Å². The van der Waals surface area contributed by atoms with Gasteiger partial charge in [-0.25, -0.2) is 4.98 Å². The molecule has 0 saturated heterocycles. The van der Waals surface area contributed by atoms with E-state index in [2.05, 4.69) is 28.2 Å². The highest BCUT2D eigenvalue weighted by Crippen LogP contribution is 2.34. The van der Waals surface area contributed by atoms with Crippen molar-refractivity contribution in [1.29, 1.82) is 0 Å². The maximum atomic E-state index is 6.24. The summed E-state index contributed by atoms with van der Waals surface area (Å²) in [5.74, 6) is 0.821. The maximum absolute atomic E-state index is 6.24. The highest BCUT2D eigenvalue weighted by atomic mass is 35.5. The Morgan fingerprint density at radius 2 is 1.94 bits per heavy atom. The van der Waals surface area contributed by atoms with Crippen LogP contribution in [0.4, 0.5) is 5.69 Å². The van der Waals surface area contributed by atoms with Crippen molar-refractivity contribution < 1.29 is 4.74 Å². The lowest BCUT2D eigenvalue weighted by molar-refractivity contribution is 0.265. The summed E-state index contributed by atoms with van der Waals surface area (Å²) in [6, 6.07) is 16.0. The van der Waals surface area contributed by atoms with Gasteiger partial charge in [-0.05, 0) is 67.4 Å². The van der Waals surface area contributed by atoms with Gasteiger partial charge in [-0.3, -0.25) is 9.88 Å². The molecule has 0 aliphatic heterocycles. The number of anilines is 1. The van der Waals surface area contributed by atoms with Gasteiger partial charge in [-0.15, -0.1) is 0 Å². The molecule has 0 saturated carbocycles. The normalized spacial score (nSPS) is 11.4. The monoisotopic (exact) mass is 448 g/mol. The third-order valence-electron chi connectivity index (χ3n) is 5.56. The van der Waals surface area contributed by atoms with E-state index in [1.54, 1.807) is 7.11 Å². The van der Waals surface area contributed by atoms with Crippen LogP contribution in [0.25, 0.3) is 21.8 Å². The standard InChI is InChI=1S/C26H29ClN4O/c1-3-13-31(18-19-6-4-11-28-17-19)14-5-12-29-26-22-9-7-20(27)15-25(22)30-24-10-8-21(32-2)16-23(24)26/h4,6-11,15-17H,3,5,12-14,18H2,1-2H3,(H,29,30). The Kier molecular flexibility index (Phi) is 7.40. The molecule has 32 heavy (non-hydrogen) atoms. The molecule has 2 heterocycles. The summed E-state index contributed by atoms with van der Waals surface area (Å²) < 4.78 is 5.46. The van der Waals surface area contributed by atoms with E-state index in [9.17, 15) is 0 Å². The fourth-order valence-electron chi connectivity index (χ4n) is 4.07. The first-order chi connectivity index (χ1) is 15.7. The summed E-state index contributed by atoms with van der Waals surface area (Å²) in [4.78, 5) is 11.5. The molecule has 5 nitrogen and oxygen atoms in total. The molecule has 0 radical (unpaired) electrons. The number of benzene rings is 2. The Morgan fingerprint density at radius 3 is 2.72 bits per heavy atom. The molecule has 4 rings (SSSR count). The lowest BCUT2D eigenvalue weighted by atomic mass is 10.1. The van der Waals surface area contributed by atoms with Crippen LogP contribution in [-0.4, -0.2) is 41.6 Å². The van der Waals surface area contributed by atoms with Crippen LogP contribution in [0.3, 0.4) is 0 Å². The minimum Gasteiger partial charge on any atom is -0.497 e. The molecule has 0 bridgehead atoms. The number of nitrogens with zero attached hydrogens (tertiary/aromatic N) is 3. The van der Waals surface area contributed by atoms with Crippen molar-refractivity contribution in [3.63, 3.8) is 0 Å². The summed E-state index contributed by atoms with van der Waals surface area (Å²) in [7, 11) is 1.69. The van der Waals surface area contributed by atoms with Gasteiger partial charge in [-0.2, -0.15) is 0 Å². The Bertz CT molecular complexity index is 1180. The summed E-state index contributed by atoms with van der Waals surface area (Å²) in [6.45, 7) is 6.11. The molecule has 2 aromatic heterocycles. The van der Waals surface area contributed by atoms with E-state index in [0.717, 1.165) is 72.3 Å². The largest absolute Gasteiger partial charge is 0.497 e. The van der Waals surface area contributed by atoms with Crippen molar-refractivity contribution in [3.05, 3.63) is 71.5 Å². The Balaban J connectivity index is 1.52. The molecule has 4 aromatic rings. The zero-order valence-corrected chi connectivity index (χ0v) is 19.4. The quantitative estimate of drug-likeness (QED) is 0.232. The van der Waals surface area contributed by atoms with Gasteiger partial charge in [-0.1, -0.05) is 24.6 Å². The average Bonchev–Trinajstić information content (AvgIpc) is 2.81. The number of aromatic nitrogens is 2. The van der Waals surface area contributed by atoms with E-state index in [0.29, 0.717) is 5.02 Å². The second kappa shape index (κ2) is 10.6. The van der Waals surface area contributed by atoms with Gasteiger partial charge in [0.15, 0.2) is 0 Å². The number of fused-ring (bicyclic) bond motifs is 2. The second-order valence-electron chi connectivity index (χ2n) is 7.95. The number of halogens is 1. The van der Waals surface area contributed by atoms with Gasteiger partial charge in [0.25, 0.3) is 0 Å². The van der Waals surface area contributed by atoms with Gasteiger partial charge in [0, 0.05) is 47.8 Å². The lowest BCUT2D eigenvalue weighted by Gasteiger charge is -2.22. The Morgan fingerprint density at radius 1 is 1.03 bits per heavy atom. The molecule has 166 valence electrons. The molecular weight excluding hydrogens is 420 g/mol. The maximum Gasteiger partial charge on any atom is 0.119 e. The lowest BCUT2D eigenvalue weighted by Crippen LogP contribution is -2.26. The average molecular weight is 449 g/mol. The van der Waals surface area contributed by atoms with Crippen LogP contribution in [0.15, 0.2) is 60.9 Å². The summed E-state index contributed by atoms with van der Waals surface area (Å²) >= 11 is 6.24. The minimum absolute atomic E-state index is 0.689. The van der Waals surface area contributed by atoms with Crippen LogP contribution < -0.4 is 10.1 Å². The van der Waals surface area contributed by atoms with Crippen LogP contribution in [-0.2, 0) is 6.54 Å². The van der Waals surface area contributed by atoms with Crippen molar-refractivity contribution in [1.82, 2.24) is 14.9 Å². The van der Waals surface area contributed by atoms with Gasteiger partial charge in [0.1, 0.15) is 5.75 Å². The summed E-state index contributed by atoms with van der Waals surface area (Å²) in [5, 5.41) is 6.50. The second-order valence-corrected chi connectivity index (χ2v) is 8.39. The summed E-state index contributed by atoms with van der Waals surface area (Å²) in [6.07, 6.45) is 5.94. The van der Waals surface area contributed by atoms with E-state index in [1.165, 1.54) is 5.56 Å². The highest BCUT2D eigenvalue weighted by Gasteiger charge is 2.11. The molecule has 0 atom stereocenters. The molecule has 0 aliphatic rings. The van der Waals surface area contributed by atoms with Crippen molar-refractivity contribution >= 4 is 39.1 Å². The first-order valence-electron chi connectivity index (χ1n) is 11.1. The number of rotatable bonds is 10. The van der Waals surface area contributed by atoms with Crippen molar-refractivity contribution in [2.45, 2.75) is 26.3 Å². The molecule has 0 unspecified atom stereocenters. The predicted molar refractivity (Wildman–Crippen MR) is 134 cm³/mol. The highest BCUT2D eigenvalue weighted by molar-refractivity contribution is 6.31. The SMILES string of the molecule is CCCN(CCCNc1c2ccc(Cl)cc2nc2ccc(OC)cc12)Cc1cccnc1. The number of nitrogens with one attached hydrogen (secondary N) is 1. The van der Waals surface area contributed by atoms with Crippen LogP contribution in [0.5, 0.6) is 5.75 Å². The molecule has 0 spiro atoms. The van der Waals surface area contributed by atoms with Crippen molar-refractivity contribution in [3.8, 4) is 5.75 Å². The molecule has 2 aromatic carbocycles. The van der Waals surface area contributed by atoms with Gasteiger partial charge >= 0.3 is 0 Å². The third kappa shape index (κ3) is 5.29. The third-order valence-corrected chi connectivity index (χ3v) is 5.80. The first kappa shape index (κ1) is 22.3. The molecule has 6 heteroatoms. The van der Waals surface area contributed by atoms with Gasteiger partial charge in [0.05, 0.1) is 23.8 Å². The predicted octanol–water partition coefficient (Wildman–Crippen LogP) is 6.16. The van der Waals surface area contributed by atoms with E-state index in [-0.39, 0.29) is 0 Å². The van der Waals surface area contributed by atoms with E-state index < -0.39 is 0 Å². The van der Waals surface area contributed by atoms with Crippen molar-refractivity contribution in [2.75, 3.05) is 32.1 Å². The minimum atomic E-state index is 0.689. The number of methoxy groups -OCH3 is 1. The number of hydrogen-bond acceptors (Lipinski definition) is 5. The first-order valence-corrected chi connectivity index (χ1v) is 11.5. The van der Waals surface area contributed by atoms with Crippen LogP contribution >= 0.6 is 11.6 Å². The zero-order valence-electron chi connectivity index (χ0n) is 18.6. The number of ether oxygens (including phenoxy) is 1. The number of pyridine rings is 2. The molecule has 0 aliphatic carbocycles. The van der Waals surface area contributed by atoms with Crippen LogP contribution in [0.1, 0.15) is 25.3 Å². The number of hydrogen-bond donors (Lipinski definition) is 1. The zero-order chi connectivity index (χ0) is 22.3. The smallest absolute Gasteiger partial charge is 0.119 e. The van der Waals surface area contributed by atoms with Crippen molar-refractivity contribution in [2.24, 2.45) is 0 Å². The van der Waals surface area contributed by atoms with Crippen LogP contribution in [0, 0.1) is 0 Å². The fourth-order valence-corrected chi connectivity index (χ4v) is 4.23. The molecule has 1 N–H and O–H groups in total. The molecule has 0 amide bonds. The summed E-state index contributed by atoms with van der Waals surface area (Å²) in [5.41, 5.74) is 4.15. The topological polar surface area (TPSA) is 50.3 Å². The van der Waals surface area contributed by atoms with Gasteiger partial charge in [0.2, 0.25) is 0 Å². The molecule has 0 fully saturated rings. The Hall–Kier alpha value is -2.89. The van der Waals surface area contributed by atoms with Crippen LogP contribution in [0.2, 0.25) is 5.02 Å².